The lowest BCUT2D eigenvalue weighted by Crippen LogP contribution is -2.23. The second kappa shape index (κ2) is 8.68. The Balaban J connectivity index is 1.89. The molecule has 0 heterocycles. The molecule has 0 bridgehead atoms. The average molecular weight is 313 g/mol. The Hall–Kier alpha value is -2.69. The first kappa shape index (κ1) is 16.7. The monoisotopic (exact) mass is 313 g/mol. The maximum absolute atomic E-state index is 5.94. The molecule has 3 N–H and O–H groups in total. The number of aliphatic imine (C=N–C) groups is 1. The van der Waals surface area contributed by atoms with Crippen LogP contribution >= 0.6 is 0 Å². The highest BCUT2D eigenvalue weighted by Crippen LogP contribution is 2.28. The summed E-state index contributed by atoms with van der Waals surface area (Å²) in [6, 6.07) is 15.8. The number of hydrogen-bond acceptors (Lipinski definition) is 3. The summed E-state index contributed by atoms with van der Waals surface area (Å²) in [6.45, 7) is 0.667. The molecule has 5 nitrogen and oxygen atoms in total. The zero-order valence-corrected chi connectivity index (χ0v) is 13.6. The third kappa shape index (κ3) is 5.21. The van der Waals surface area contributed by atoms with Gasteiger partial charge >= 0.3 is 0 Å². The summed E-state index contributed by atoms with van der Waals surface area (Å²) in [4.78, 5) is 4.35. The Morgan fingerprint density at radius 2 is 1.87 bits per heavy atom. The van der Waals surface area contributed by atoms with Gasteiger partial charge in [-0.2, -0.15) is 0 Å². The Morgan fingerprint density at radius 1 is 1.09 bits per heavy atom. The molecule has 5 heteroatoms. The summed E-state index contributed by atoms with van der Waals surface area (Å²) in [5.74, 6) is 1.78. The third-order valence-corrected chi connectivity index (χ3v) is 3.42. The molecule has 23 heavy (non-hydrogen) atoms. The van der Waals surface area contributed by atoms with E-state index >= 15 is 0 Å². The van der Waals surface area contributed by atoms with Gasteiger partial charge in [0.2, 0.25) is 0 Å². The minimum absolute atomic E-state index is 0.365. The van der Waals surface area contributed by atoms with Crippen LogP contribution in [0.3, 0.4) is 0 Å². The van der Waals surface area contributed by atoms with E-state index in [1.54, 1.807) is 14.2 Å². The summed E-state index contributed by atoms with van der Waals surface area (Å²) in [5, 5.41) is 3.06. The molecule has 2 aromatic rings. The van der Waals surface area contributed by atoms with E-state index in [2.05, 4.69) is 22.4 Å². The largest absolute Gasteiger partial charge is 0.497 e. The van der Waals surface area contributed by atoms with Crippen LogP contribution in [-0.4, -0.2) is 26.7 Å². The number of benzene rings is 2. The molecule has 2 aromatic carbocycles. The first-order valence-corrected chi connectivity index (χ1v) is 7.56. The molecular weight excluding hydrogens is 290 g/mol. The summed E-state index contributed by atoms with van der Waals surface area (Å²) in [5.41, 5.74) is 7.98. The Kier molecular flexibility index (Phi) is 6.29. The van der Waals surface area contributed by atoms with Crippen molar-refractivity contribution in [3.05, 3.63) is 54.1 Å². The van der Waals surface area contributed by atoms with E-state index in [9.17, 15) is 0 Å². The van der Waals surface area contributed by atoms with Crippen molar-refractivity contribution in [3.63, 3.8) is 0 Å². The van der Waals surface area contributed by atoms with E-state index in [1.807, 2.05) is 36.4 Å². The maximum atomic E-state index is 5.94. The van der Waals surface area contributed by atoms with Crippen LogP contribution in [0.5, 0.6) is 11.5 Å². The highest BCUT2D eigenvalue weighted by atomic mass is 16.5. The van der Waals surface area contributed by atoms with Gasteiger partial charge in [0, 0.05) is 12.6 Å². The van der Waals surface area contributed by atoms with Crippen molar-refractivity contribution >= 4 is 11.6 Å². The number of nitrogens with one attached hydrogen (secondary N) is 1. The SMILES string of the molecule is COc1ccc(OC)c(NC(N)=NCCCc2ccccc2)c1. The van der Waals surface area contributed by atoms with E-state index < -0.39 is 0 Å². The smallest absolute Gasteiger partial charge is 0.193 e. The molecule has 0 saturated carbocycles. The normalized spacial score (nSPS) is 11.1. The summed E-state index contributed by atoms with van der Waals surface area (Å²) < 4.78 is 10.5. The number of aryl methyl sites for hydroxylation is 1. The number of rotatable bonds is 7. The average Bonchev–Trinajstić information content (AvgIpc) is 2.59. The molecule has 2 rings (SSSR count). The topological polar surface area (TPSA) is 68.9 Å². The molecule has 0 aliphatic rings. The lowest BCUT2D eigenvalue weighted by molar-refractivity contribution is 0.405. The fraction of sp³-hybridized carbons (Fsp3) is 0.278. The summed E-state index contributed by atoms with van der Waals surface area (Å²) in [7, 11) is 3.23. The molecule has 0 radical (unpaired) electrons. The number of ether oxygens (including phenoxy) is 2. The minimum atomic E-state index is 0.365. The first-order chi connectivity index (χ1) is 11.2. The van der Waals surface area contributed by atoms with Crippen LogP contribution in [0, 0.1) is 0 Å². The Labute approximate surface area is 137 Å². The fourth-order valence-corrected chi connectivity index (χ4v) is 2.22. The number of hydrogen-bond donors (Lipinski definition) is 2. The molecule has 0 spiro atoms. The molecule has 0 aromatic heterocycles. The van der Waals surface area contributed by atoms with Crippen LogP contribution in [-0.2, 0) is 6.42 Å². The molecule has 0 aliphatic heterocycles. The van der Waals surface area contributed by atoms with E-state index in [1.165, 1.54) is 5.56 Å². The van der Waals surface area contributed by atoms with Gasteiger partial charge in [-0.3, -0.25) is 4.99 Å². The van der Waals surface area contributed by atoms with Crippen LogP contribution < -0.4 is 20.5 Å². The fourth-order valence-electron chi connectivity index (χ4n) is 2.22. The van der Waals surface area contributed by atoms with Gasteiger partial charge in [0.15, 0.2) is 5.96 Å². The molecule has 0 saturated heterocycles. The first-order valence-electron chi connectivity index (χ1n) is 7.56. The van der Waals surface area contributed by atoms with Gasteiger partial charge in [-0.25, -0.2) is 0 Å². The standard InChI is InChI=1S/C18H23N3O2/c1-22-15-10-11-17(23-2)16(13-15)21-18(19)20-12-6-9-14-7-4-3-5-8-14/h3-5,7-8,10-11,13H,6,9,12H2,1-2H3,(H3,19,20,21). The molecule has 0 amide bonds. The number of methoxy groups -OCH3 is 2. The molecule has 0 atom stereocenters. The zero-order chi connectivity index (χ0) is 16.5. The van der Waals surface area contributed by atoms with Crippen molar-refractivity contribution in [2.45, 2.75) is 12.8 Å². The van der Waals surface area contributed by atoms with Crippen molar-refractivity contribution in [2.75, 3.05) is 26.1 Å². The molecule has 122 valence electrons. The van der Waals surface area contributed by atoms with Crippen molar-refractivity contribution in [1.29, 1.82) is 0 Å². The van der Waals surface area contributed by atoms with Crippen molar-refractivity contribution < 1.29 is 9.47 Å². The number of guanidine groups is 1. The number of anilines is 1. The predicted octanol–water partition coefficient (Wildman–Crippen LogP) is 3.06. The molecular formula is C18H23N3O2. The van der Waals surface area contributed by atoms with Crippen LogP contribution in [0.25, 0.3) is 0 Å². The maximum Gasteiger partial charge on any atom is 0.193 e. The quantitative estimate of drug-likeness (QED) is 0.468. The molecule has 0 unspecified atom stereocenters. The van der Waals surface area contributed by atoms with Gasteiger partial charge in [-0.1, -0.05) is 30.3 Å². The van der Waals surface area contributed by atoms with E-state index in [4.69, 9.17) is 15.2 Å². The lowest BCUT2D eigenvalue weighted by Gasteiger charge is -2.12. The van der Waals surface area contributed by atoms with Gasteiger partial charge in [-0.15, -0.1) is 0 Å². The van der Waals surface area contributed by atoms with E-state index in [0.717, 1.165) is 24.3 Å². The molecule has 0 aliphatic carbocycles. The van der Waals surface area contributed by atoms with Crippen LogP contribution in [0.4, 0.5) is 5.69 Å². The van der Waals surface area contributed by atoms with Crippen LogP contribution in [0.2, 0.25) is 0 Å². The highest BCUT2D eigenvalue weighted by molar-refractivity contribution is 5.94. The Bertz CT molecular complexity index is 642. The van der Waals surface area contributed by atoms with Gasteiger partial charge in [-0.05, 0) is 30.5 Å². The van der Waals surface area contributed by atoms with E-state index in [-0.39, 0.29) is 0 Å². The minimum Gasteiger partial charge on any atom is -0.497 e. The van der Waals surface area contributed by atoms with E-state index in [0.29, 0.717) is 18.3 Å². The highest BCUT2D eigenvalue weighted by Gasteiger charge is 2.05. The van der Waals surface area contributed by atoms with Crippen LogP contribution in [0.15, 0.2) is 53.5 Å². The van der Waals surface area contributed by atoms with Crippen molar-refractivity contribution in [1.82, 2.24) is 0 Å². The molecule has 0 fully saturated rings. The summed E-state index contributed by atoms with van der Waals surface area (Å²) >= 11 is 0. The van der Waals surface area contributed by atoms with Gasteiger partial charge in [0.1, 0.15) is 11.5 Å². The predicted molar refractivity (Wildman–Crippen MR) is 94.4 cm³/mol. The van der Waals surface area contributed by atoms with Gasteiger partial charge in [0.25, 0.3) is 0 Å². The second-order valence-corrected chi connectivity index (χ2v) is 5.05. The Morgan fingerprint density at radius 3 is 2.57 bits per heavy atom. The van der Waals surface area contributed by atoms with Gasteiger partial charge < -0.3 is 20.5 Å². The third-order valence-electron chi connectivity index (χ3n) is 3.42. The lowest BCUT2D eigenvalue weighted by atomic mass is 10.1. The van der Waals surface area contributed by atoms with Gasteiger partial charge in [0.05, 0.1) is 19.9 Å². The summed E-state index contributed by atoms with van der Waals surface area (Å²) in [6.07, 6.45) is 1.93. The zero-order valence-electron chi connectivity index (χ0n) is 13.6. The van der Waals surface area contributed by atoms with Crippen molar-refractivity contribution in [2.24, 2.45) is 10.7 Å². The number of nitrogens with two attached hydrogens (primary N) is 1. The number of nitrogens with zero attached hydrogens (tertiary/aromatic N) is 1. The second-order valence-electron chi connectivity index (χ2n) is 5.05. The van der Waals surface area contributed by atoms with Crippen LogP contribution in [0.1, 0.15) is 12.0 Å². The van der Waals surface area contributed by atoms with Crippen molar-refractivity contribution in [3.8, 4) is 11.5 Å².